The first-order chi connectivity index (χ1) is 9.57. The molecule has 3 heterocycles. The van der Waals surface area contributed by atoms with E-state index in [1.807, 2.05) is 18.0 Å². The number of piperidine rings is 1. The number of aromatic nitrogens is 2. The number of hydrogen-bond donors (Lipinski definition) is 1. The second-order valence-corrected chi connectivity index (χ2v) is 5.47. The second-order valence-electron chi connectivity index (χ2n) is 5.47. The van der Waals surface area contributed by atoms with Gasteiger partial charge in [-0.3, -0.25) is 0 Å². The third-order valence-electron chi connectivity index (χ3n) is 4.07. The van der Waals surface area contributed by atoms with Gasteiger partial charge < -0.3 is 15.1 Å². The molecule has 0 aromatic carbocycles. The topological polar surface area (TPSA) is 44.3 Å². The third-order valence-corrected chi connectivity index (χ3v) is 4.07. The molecule has 126 valence electrons. The monoisotopic (exact) mass is 355 g/mol. The molecule has 2 aliphatic heterocycles. The van der Waals surface area contributed by atoms with Crippen LogP contribution >= 0.6 is 24.8 Å². The maximum atomic E-state index is 13.2. The second kappa shape index (κ2) is 7.57. The first kappa shape index (κ1) is 19.1. The minimum Gasteiger partial charge on any atom is -0.356 e. The van der Waals surface area contributed by atoms with E-state index in [1.165, 1.54) is 6.33 Å². The van der Waals surface area contributed by atoms with Crippen LogP contribution in [0.25, 0.3) is 0 Å². The van der Waals surface area contributed by atoms with E-state index in [0.717, 1.165) is 24.7 Å². The van der Waals surface area contributed by atoms with Gasteiger partial charge in [0.15, 0.2) is 0 Å². The van der Waals surface area contributed by atoms with Gasteiger partial charge in [-0.05, 0) is 7.05 Å². The van der Waals surface area contributed by atoms with Gasteiger partial charge >= 0.3 is 0 Å². The van der Waals surface area contributed by atoms with Crippen molar-refractivity contribution in [2.24, 2.45) is 0 Å². The van der Waals surface area contributed by atoms with Gasteiger partial charge in [0, 0.05) is 51.1 Å². The Morgan fingerprint density at radius 3 is 2.18 bits per heavy atom. The van der Waals surface area contributed by atoms with Crippen LogP contribution in [-0.2, 0) is 0 Å². The lowest BCUT2D eigenvalue weighted by Gasteiger charge is -2.40. The average Bonchev–Trinajstić information content (AvgIpc) is 2.38. The van der Waals surface area contributed by atoms with Crippen LogP contribution in [0.4, 0.5) is 20.4 Å². The SMILES string of the molecule is CNC1CN(c2cc(N3CCC(F)(F)CC3)ncn2)C1.Cl.Cl. The van der Waals surface area contributed by atoms with Gasteiger partial charge in [-0.25, -0.2) is 18.7 Å². The summed E-state index contributed by atoms with van der Waals surface area (Å²) in [6, 6.07) is 2.40. The molecule has 1 aromatic rings. The number of nitrogens with zero attached hydrogens (tertiary/aromatic N) is 4. The van der Waals surface area contributed by atoms with Crippen molar-refractivity contribution in [3.63, 3.8) is 0 Å². The van der Waals surface area contributed by atoms with Gasteiger partial charge in [0.05, 0.1) is 0 Å². The molecule has 2 saturated heterocycles. The summed E-state index contributed by atoms with van der Waals surface area (Å²) in [5, 5.41) is 3.21. The van der Waals surface area contributed by atoms with Crippen LogP contribution < -0.4 is 15.1 Å². The van der Waals surface area contributed by atoms with E-state index in [9.17, 15) is 8.78 Å². The van der Waals surface area contributed by atoms with Crippen LogP contribution in [0.15, 0.2) is 12.4 Å². The Morgan fingerprint density at radius 2 is 1.64 bits per heavy atom. The van der Waals surface area contributed by atoms with Gasteiger partial charge in [-0.15, -0.1) is 24.8 Å². The molecule has 22 heavy (non-hydrogen) atoms. The maximum Gasteiger partial charge on any atom is 0.251 e. The minimum absolute atomic E-state index is 0. The summed E-state index contributed by atoms with van der Waals surface area (Å²) in [4.78, 5) is 12.6. The highest BCUT2D eigenvalue weighted by Crippen LogP contribution is 2.30. The number of alkyl halides is 2. The third kappa shape index (κ3) is 4.08. The number of nitrogens with one attached hydrogen (secondary N) is 1. The molecule has 0 radical (unpaired) electrons. The fraction of sp³-hybridized carbons (Fsp3) is 0.692. The largest absolute Gasteiger partial charge is 0.356 e. The molecule has 2 fully saturated rings. The molecule has 0 unspecified atom stereocenters. The van der Waals surface area contributed by atoms with E-state index >= 15 is 0 Å². The smallest absolute Gasteiger partial charge is 0.251 e. The van der Waals surface area contributed by atoms with Crippen molar-refractivity contribution in [2.75, 3.05) is 43.0 Å². The molecule has 1 aromatic heterocycles. The Morgan fingerprint density at radius 1 is 1.09 bits per heavy atom. The fourth-order valence-corrected chi connectivity index (χ4v) is 2.59. The number of hydrogen-bond acceptors (Lipinski definition) is 5. The van der Waals surface area contributed by atoms with Gasteiger partial charge in [0.1, 0.15) is 18.0 Å². The molecule has 0 aliphatic carbocycles. The number of halogens is 4. The van der Waals surface area contributed by atoms with Crippen LogP contribution in [0, 0.1) is 0 Å². The van der Waals surface area contributed by atoms with Crippen LogP contribution in [0.5, 0.6) is 0 Å². The van der Waals surface area contributed by atoms with Crippen LogP contribution in [0.2, 0.25) is 0 Å². The fourth-order valence-electron chi connectivity index (χ4n) is 2.59. The van der Waals surface area contributed by atoms with Gasteiger partial charge in [0.25, 0.3) is 5.92 Å². The summed E-state index contributed by atoms with van der Waals surface area (Å²) in [5.74, 6) is -0.902. The highest BCUT2D eigenvalue weighted by Gasteiger charge is 2.34. The molecule has 2 aliphatic rings. The van der Waals surface area contributed by atoms with E-state index in [4.69, 9.17) is 0 Å². The molecule has 0 atom stereocenters. The van der Waals surface area contributed by atoms with Crippen molar-refractivity contribution in [3.05, 3.63) is 12.4 Å². The lowest BCUT2D eigenvalue weighted by Crippen LogP contribution is -2.57. The molecule has 0 amide bonds. The zero-order valence-electron chi connectivity index (χ0n) is 12.3. The Labute approximate surface area is 141 Å². The van der Waals surface area contributed by atoms with Crippen LogP contribution in [-0.4, -0.2) is 55.2 Å². The van der Waals surface area contributed by atoms with Crippen LogP contribution in [0.1, 0.15) is 12.8 Å². The molecular weight excluding hydrogens is 335 g/mol. The van der Waals surface area contributed by atoms with Crippen molar-refractivity contribution in [3.8, 4) is 0 Å². The van der Waals surface area contributed by atoms with Crippen molar-refractivity contribution in [1.82, 2.24) is 15.3 Å². The van der Waals surface area contributed by atoms with Crippen molar-refractivity contribution in [1.29, 1.82) is 0 Å². The Bertz CT molecular complexity index is 475. The Kier molecular flexibility index (Phi) is 6.58. The van der Waals surface area contributed by atoms with E-state index in [1.54, 1.807) is 0 Å². The maximum absolute atomic E-state index is 13.2. The quantitative estimate of drug-likeness (QED) is 0.897. The molecule has 5 nitrogen and oxygen atoms in total. The Balaban J connectivity index is 0.00000121. The van der Waals surface area contributed by atoms with Gasteiger partial charge in [0.2, 0.25) is 0 Å². The summed E-state index contributed by atoms with van der Waals surface area (Å²) in [6.07, 6.45) is 1.32. The molecular formula is C13H21Cl2F2N5. The summed E-state index contributed by atoms with van der Waals surface area (Å²) < 4.78 is 26.3. The lowest BCUT2D eigenvalue weighted by molar-refractivity contribution is -0.0221. The zero-order valence-corrected chi connectivity index (χ0v) is 14.0. The first-order valence-electron chi connectivity index (χ1n) is 6.94. The molecule has 0 spiro atoms. The molecule has 9 heteroatoms. The molecule has 1 N–H and O–H groups in total. The summed E-state index contributed by atoms with van der Waals surface area (Å²) in [7, 11) is 1.95. The summed E-state index contributed by atoms with van der Waals surface area (Å²) in [6.45, 7) is 2.54. The van der Waals surface area contributed by atoms with Crippen molar-refractivity contribution < 1.29 is 8.78 Å². The predicted molar refractivity (Wildman–Crippen MR) is 88.0 cm³/mol. The predicted octanol–water partition coefficient (Wildman–Crippen LogP) is 1.96. The van der Waals surface area contributed by atoms with Crippen molar-refractivity contribution >= 4 is 36.4 Å². The van der Waals surface area contributed by atoms with E-state index in [-0.39, 0.29) is 37.7 Å². The van der Waals surface area contributed by atoms with Gasteiger partial charge in [-0.2, -0.15) is 0 Å². The lowest BCUT2D eigenvalue weighted by atomic mass is 10.1. The van der Waals surface area contributed by atoms with E-state index in [2.05, 4.69) is 20.2 Å². The zero-order chi connectivity index (χ0) is 14.2. The molecule has 0 saturated carbocycles. The highest BCUT2D eigenvalue weighted by atomic mass is 35.5. The normalized spacial score (nSPS) is 20.7. The highest BCUT2D eigenvalue weighted by molar-refractivity contribution is 5.85. The van der Waals surface area contributed by atoms with E-state index in [0.29, 0.717) is 19.1 Å². The van der Waals surface area contributed by atoms with E-state index < -0.39 is 5.92 Å². The molecule has 0 bridgehead atoms. The summed E-state index contributed by atoms with van der Waals surface area (Å²) >= 11 is 0. The van der Waals surface area contributed by atoms with Crippen LogP contribution in [0.3, 0.4) is 0 Å². The Hall–Kier alpha value is -0.920. The number of anilines is 2. The average molecular weight is 356 g/mol. The van der Waals surface area contributed by atoms with Crippen molar-refractivity contribution in [2.45, 2.75) is 24.8 Å². The minimum atomic E-state index is -2.52. The standard InChI is InChI=1S/C13H19F2N5.2ClH/c1-16-10-7-20(8-10)12-6-11(17-9-18-12)19-4-2-13(14,15)3-5-19;;/h6,9-10,16H,2-5,7-8H2,1H3;2*1H. The first-order valence-corrected chi connectivity index (χ1v) is 6.94. The summed E-state index contributed by atoms with van der Waals surface area (Å²) in [5.41, 5.74) is 0. The number of likely N-dealkylation sites (N-methyl/N-ethyl adjacent to an activating group) is 1. The van der Waals surface area contributed by atoms with Gasteiger partial charge in [-0.1, -0.05) is 0 Å². The molecule has 3 rings (SSSR count). The number of rotatable bonds is 3.